The SMILES string of the molecule is [CH2]C[SH](C)O. The molecule has 1 unspecified atom stereocenters. The summed E-state index contributed by atoms with van der Waals surface area (Å²) in [5.74, 6) is 0.676. The van der Waals surface area contributed by atoms with Gasteiger partial charge in [0.25, 0.3) is 0 Å². The summed E-state index contributed by atoms with van der Waals surface area (Å²) < 4.78 is 8.36. The Morgan fingerprint density at radius 3 is 2.20 bits per heavy atom. The topological polar surface area (TPSA) is 20.2 Å². The highest BCUT2D eigenvalue weighted by Crippen LogP contribution is 2.08. The molecule has 1 radical (unpaired) electrons. The first-order valence-corrected chi connectivity index (χ1v) is 3.39. The Bertz CT molecular complexity index is 20.9. The predicted molar refractivity (Wildman–Crippen MR) is 27.8 cm³/mol. The van der Waals surface area contributed by atoms with E-state index in [1.54, 1.807) is 6.26 Å². The second-order valence-corrected chi connectivity index (χ2v) is 2.64. The Kier molecular flexibility index (Phi) is 2.70. The van der Waals surface area contributed by atoms with Crippen LogP contribution in [0.4, 0.5) is 0 Å². The van der Waals surface area contributed by atoms with E-state index in [-0.39, 0.29) is 0 Å². The van der Waals surface area contributed by atoms with Crippen molar-refractivity contribution in [3.05, 3.63) is 6.92 Å². The standard InChI is InChI=1S/C3H9OS/c1-3-5(2)4/h4-5H,1,3H2,2H3. The van der Waals surface area contributed by atoms with Gasteiger partial charge in [0, 0.05) is 0 Å². The molecule has 0 amide bonds. The fraction of sp³-hybridized carbons (Fsp3) is 0.667. The largest absolute Gasteiger partial charge is 0.354 e. The lowest BCUT2D eigenvalue weighted by atomic mass is 11.0. The van der Waals surface area contributed by atoms with E-state index in [1.165, 1.54) is 0 Å². The molecule has 0 saturated carbocycles. The summed E-state index contributed by atoms with van der Waals surface area (Å²) in [5, 5.41) is 0. The number of hydrogen-bond acceptors (Lipinski definition) is 1. The van der Waals surface area contributed by atoms with Gasteiger partial charge < -0.3 is 4.55 Å². The van der Waals surface area contributed by atoms with Crippen LogP contribution in [0, 0.1) is 6.92 Å². The van der Waals surface area contributed by atoms with Crippen molar-refractivity contribution in [3.63, 3.8) is 0 Å². The fourth-order valence-corrected chi connectivity index (χ4v) is 0. The summed E-state index contributed by atoms with van der Waals surface area (Å²) in [5.41, 5.74) is 0. The van der Waals surface area contributed by atoms with Crippen molar-refractivity contribution in [1.82, 2.24) is 0 Å². The normalized spacial score (nSPS) is 18.6. The Morgan fingerprint density at radius 1 is 2.00 bits per heavy atom. The lowest BCUT2D eigenvalue weighted by Crippen LogP contribution is -1.73. The first-order chi connectivity index (χ1) is 2.27. The molecular formula is C3H9OS. The highest BCUT2D eigenvalue weighted by molar-refractivity contribution is 8.11. The molecule has 1 N–H and O–H groups in total. The van der Waals surface area contributed by atoms with Gasteiger partial charge in [0.05, 0.1) is 0 Å². The van der Waals surface area contributed by atoms with E-state index in [9.17, 15) is 0 Å². The Hall–Kier alpha value is 0.310. The Morgan fingerprint density at radius 2 is 2.20 bits per heavy atom. The van der Waals surface area contributed by atoms with E-state index in [0.717, 1.165) is 0 Å². The molecule has 0 aromatic heterocycles. The summed E-state index contributed by atoms with van der Waals surface area (Å²) in [7, 11) is 0. The zero-order chi connectivity index (χ0) is 4.28. The smallest absolute Gasteiger partial charge is 0.00406 e. The summed E-state index contributed by atoms with van der Waals surface area (Å²) in [6, 6.07) is 0. The third-order valence-electron chi connectivity index (χ3n) is 0.324. The molecule has 0 aromatic carbocycles. The average molecular weight is 93.2 g/mol. The van der Waals surface area contributed by atoms with Gasteiger partial charge in [-0.15, -0.1) is 0 Å². The van der Waals surface area contributed by atoms with Gasteiger partial charge in [-0.3, -0.25) is 0 Å². The van der Waals surface area contributed by atoms with E-state index < -0.39 is 11.2 Å². The highest BCUT2D eigenvalue weighted by Gasteiger charge is 1.74. The van der Waals surface area contributed by atoms with Crippen molar-refractivity contribution < 1.29 is 4.55 Å². The third kappa shape index (κ3) is 4.31. The van der Waals surface area contributed by atoms with E-state index in [0.29, 0.717) is 5.75 Å². The van der Waals surface area contributed by atoms with Crippen molar-refractivity contribution >= 4 is 11.2 Å². The number of thiol groups is 1. The van der Waals surface area contributed by atoms with Crippen molar-refractivity contribution in [2.45, 2.75) is 0 Å². The van der Waals surface area contributed by atoms with Gasteiger partial charge in [0.1, 0.15) is 0 Å². The molecule has 0 aliphatic heterocycles. The minimum Gasteiger partial charge on any atom is -0.354 e. The van der Waals surface area contributed by atoms with Crippen LogP contribution in [0.15, 0.2) is 0 Å². The fourth-order valence-electron chi connectivity index (χ4n) is 0. The zero-order valence-electron chi connectivity index (χ0n) is 3.31. The Balaban J connectivity index is 2.54. The molecule has 0 fully saturated rings. The van der Waals surface area contributed by atoms with Gasteiger partial charge in [0.2, 0.25) is 0 Å². The van der Waals surface area contributed by atoms with Gasteiger partial charge in [-0.25, -0.2) is 0 Å². The van der Waals surface area contributed by atoms with Crippen LogP contribution in [0.3, 0.4) is 0 Å². The minimum atomic E-state index is -0.709. The summed E-state index contributed by atoms with van der Waals surface area (Å²) in [4.78, 5) is 0. The molecule has 0 aliphatic rings. The summed E-state index contributed by atoms with van der Waals surface area (Å²) in [6.07, 6.45) is 1.78. The summed E-state index contributed by atoms with van der Waals surface area (Å²) >= 11 is -0.709. The maximum absolute atomic E-state index is 8.36. The molecule has 33 valence electrons. The first-order valence-electron chi connectivity index (χ1n) is 1.46. The lowest BCUT2D eigenvalue weighted by Gasteiger charge is -1.97. The third-order valence-corrected chi connectivity index (χ3v) is 0.971. The van der Waals surface area contributed by atoms with Crippen molar-refractivity contribution in [3.8, 4) is 0 Å². The van der Waals surface area contributed by atoms with Gasteiger partial charge >= 0.3 is 0 Å². The van der Waals surface area contributed by atoms with E-state index in [4.69, 9.17) is 4.55 Å². The minimum absolute atomic E-state index is 0.676. The summed E-state index contributed by atoms with van der Waals surface area (Å²) in [6.45, 7) is 3.46. The maximum Gasteiger partial charge on any atom is -0.00406 e. The molecule has 0 rings (SSSR count). The van der Waals surface area contributed by atoms with Gasteiger partial charge in [-0.2, -0.15) is 11.2 Å². The lowest BCUT2D eigenvalue weighted by molar-refractivity contribution is 0.654. The van der Waals surface area contributed by atoms with Crippen LogP contribution in [-0.2, 0) is 0 Å². The zero-order valence-corrected chi connectivity index (χ0v) is 4.20. The maximum atomic E-state index is 8.36. The molecule has 0 spiro atoms. The van der Waals surface area contributed by atoms with Crippen LogP contribution in [0.1, 0.15) is 0 Å². The number of rotatable bonds is 1. The molecular weight excluding hydrogens is 84.1 g/mol. The predicted octanol–water partition coefficient (Wildman–Crippen LogP) is 0.924. The van der Waals surface area contributed by atoms with Gasteiger partial charge in [-0.1, -0.05) is 0 Å². The number of hydrogen-bond donors (Lipinski definition) is 2. The molecule has 1 atom stereocenters. The molecule has 0 aliphatic carbocycles. The quantitative estimate of drug-likeness (QED) is 0.462. The van der Waals surface area contributed by atoms with E-state index in [2.05, 4.69) is 6.92 Å². The van der Waals surface area contributed by atoms with Crippen LogP contribution >= 0.6 is 11.2 Å². The second-order valence-electron chi connectivity index (χ2n) is 0.881. The molecule has 2 heteroatoms. The van der Waals surface area contributed by atoms with Crippen LogP contribution in [0.2, 0.25) is 0 Å². The van der Waals surface area contributed by atoms with Crippen LogP contribution < -0.4 is 0 Å². The van der Waals surface area contributed by atoms with Crippen molar-refractivity contribution in [2.75, 3.05) is 12.0 Å². The van der Waals surface area contributed by atoms with Crippen LogP contribution in [-0.4, -0.2) is 16.6 Å². The molecule has 0 bridgehead atoms. The van der Waals surface area contributed by atoms with Crippen molar-refractivity contribution in [1.29, 1.82) is 0 Å². The molecule has 1 nitrogen and oxygen atoms in total. The average Bonchev–Trinajstić information content (AvgIpc) is 1.38. The second kappa shape index (κ2) is 2.54. The molecule has 5 heavy (non-hydrogen) atoms. The van der Waals surface area contributed by atoms with Gasteiger partial charge in [0.15, 0.2) is 0 Å². The van der Waals surface area contributed by atoms with Gasteiger partial charge in [-0.05, 0) is 18.9 Å². The van der Waals surface area contributed by atoms with E-state index in [1.807, 2.05) is 0 Å². The van der Waals surface area contributed by atoms with E-state index >= 15 is 0 Å². The van der Waals surface area contributed by atoms with Crippen LogP contribution in [0.5, 0.6) is 0 Å². The highest BCUT2D eigenvalue weighted by atomic mass is 32.2. The van der Waals surface area contributed by atoms with Crippen LogP contribution in [0.25, 0.3) is 0 Å². The molecule has 0 aromatic rings. The molecule has 0 heterocycles. The first kappa shape index (κ1) is 5.31. The van der Waals surface area contributed by atoms with Crippen molar-refractivity contribution in [2.24, 2.45) is 0 Å². The monoisotopic (exact) mass is 93.0 g/mol. The Labute approximate surface area is 35.6 Å². The molecule has 0 saturated heterocycles.